The Labute approximate surface area is 108 Å². The first kappa shape index (κ1) is 15.0. The number of nitrogens with one attached hydrogen (secondary N) is 1. The van der Waals surface area contributed by atoms with Gasteiger partial charge in [-0.2, -0.15) is 0 Å². The Bertz CT molecular complexity index is 184. The van der Waals surface area contributed by atoms with E-state index in [1.807, 2.05) is 0 Å². The summed E-state index contributed by atoms with van der Waals surface area (Å²) in [5, 5.41) is 3.53. The topological polar surface area (TPSA) is 21.3 Å². The van der Waals surface area contributed by atoms with Gasteiger partial charge in [0.25, 0.3) is 0 Å². The molecular formula is C15H31NO. The minimum atomic E-state index is 0.769. The van der Waals surface area contributed by atoms with Gasteiger partial charge in [0.2, 0.25) is 0 Å². The van der Waals surface area contributed by atoms with Crippen LogP contribution in [0.15, 0.2) is 0 Å². The standard InChI is InChI=1S/C15H31NO/c1-4-7-13-9-10-15(16-2)14(12-13)8-5-6-11-17-3/h13-16H,4-12H2,1-3H3. The molecule has 0 spiro atoms. The second-order valence-corrected chi connectivity index (χ2v) is 5.61. The first-order valence-corrected chi connectivity index (χ1v) is 7.48. The average Bonchev–Trinajstić information content (AvgIpc) is 2.35. The van der Waals surface area contributed by atoms with Gasteiger partial charge in [-0.25, -0.2) is 0 Å². The Hall–Kier alpha value is -0.0800. The van der Waals surface area contributed by atoms with E-state index in [4.69, 9.17) is 4.74 Å². The van der Waals surface area contributed by atoms with Gasteiger partial charge in [-0.3, -0.25) is 0 Å². The lowest BCUT2D eigenvalue weighted by molar-refractivity contribution is 0.169. The van der Waals surface area contributed by atoms with E-state index in [0.29, 0.717) is 0 Å². The van der Waals surface area contributed by atoms with Crippen LogP contribution in [-0.2, 0) is 4.74 Å². The molecule has 1 fully saturated rings. The van der Waals surface area contributed by atoms with Crippen LogP contribution in [-0.4, -0.2) is 26.8 Å². The Morgan fingerprint density at radius 3 is 2.65 bits per heavy atom. The molecule has 1 rings (SSSR count). The van der Waals surface area contributed by atoms with Crippen LogP contribution in [0, 0.1) is 11.8 Å². The van der Waals surface area contributed by atoms with Crippen molar-refractivity contribution in [3.05, 3.63) is 0 Å². The van der Waals surface area contributed by atoms with Crippen molar-refractivity contribution in [2.75, 3.05) is 20.8 Å². The SMILES string of the molecule is CCCC1CCC(NC)C(CCCCOC)C1. The molecule has 1 N–H and O–H groups in total. The van der Waals surface area contributed by atoms with Crippen LogP contribution in [0.4, 0.5) is 0 Å². The fourth-order valence-electron chi connectivity index (χ4n) is 3.38. The summed E-state index contributed by atoms with van der Waals surface area (Å²) in [5.74, 6) is 1.90. The summed E-state index contributed by atoms with van der Waals surface area (Å²) < 4.78 is 5.13. The number of ether oxygens (including phenoxy) is 1. The van der Waals surface area contributed by atoms with Gasteiger partial charge in [0, 0.05) is 19.8 Å². The molecule has 2 nitrogen and oxygen atoms in total. The maximum atomic E-state index is 5.13. The van der Waals surface area contributed by atoms with Crippen molar-refractivity contribution in [1.82, 2.24) is 5.32 Å². The summed E-state index contributed by atoms with van der Waals surface area (Å²) in [7, 11) is 3.93. The number of rotatable bonds is 8. The van der Waals surface area contributed by atoms with Crippen LogP contribution in [0.1, 0.15) is 58.3 Å². The number of hydrogen-bond acceptors (Lipinski definition) is 2. The highest BCUT2D eigenvalue weighted by Gasteiger charge is 2.28. The third kappa shape index (κ3) is 5.39. The van der Waals surface area contributed by atoms with Crippen LogP contribution in [0.3, 0.4) is 0 Å². The lowest BCUT2D eigenvalue weighted by atomic mass is 9.74. The predicted molar refractivity (Wildman–Crippen MR) is 74.3 cm³/mol. The van der Waals surface area contributed by atoms with Gasteiger partial charge in [0.1, 0.15) is 0 Å². The molecule has 1 aliphatic rings. The van der Waals surface area contributed by atoms with Gasteiger partial charge in [0.05, 0.1) is 0 Å². The van der Waals surface area contributed by atoms with Crippen molar-refractivity contribution in [1.29, 1.82) is 0 Å². The minimum absolute atomic E-state index is 0.769. The summed E-state index contributed by atoms with van der Waals surface area (Å²) in [6.07, 6.45) is 11.0. The second-order valence-electron chi connectivity index (χ2n) is 5.61. The first-order valence-electron chi connectivity index (χ1n) is 7.48. The lowest BCUT2D eigenvalue weighted by Crippen LogP contribution is -2.38. The zero-order chi connectivity index (χ0) is 12.5. The van der Waals surface area contributed by atoms with Gasteiger partial charge in [-0.15, -0.1) is 0 Å². The van der Waals surface area contributed by atoms with E-state index >= 15 is 0 Å². The second kappa shape index (κ2) is 8.93. The van der Waals surface area contributed by atoms with Crippen LogP contribution >= 0.6 is 0 Å². The minimum Gasteiger partial charge on any atom is -0.385 e. The van der Waals surface area contributed by atoms with Crippen molar-refractivity contribution < 1.29 is 4.74 Å². The summed E-state index contributed by atoms with van der Waals surface area (Å²) in [5.41, 5.74) is 0. The van der Waals surface area contributed by atoms with Crippen molar-refractivity contribution in [3.63, 3.8) is 0 Å². The molecule has 17 heavy (non-hydrogen) atoms. The first-order chi connectivity index (χ1) is 8.31. The molecule has 0 bridgehead atoms. The molecule has 1 aliphatic carbocycles. The molecule has 0 saturated heterocycles. The van der Waals surface area contributed by atoms with Crippen molar-refractivity contribution in [3.8, 4) is 0 Å². The Balaban J connectivity index is 2.29. The van der Waals surface area contributed by atoms with Crippen molar-refractivity contribution >= 4 is 0 Å². The zero-order valence-corrected chi connectivity index (χ0v) is 12.0. The van der Waals surface area contributed by atoms with Crippen LogP contribution in [0.2, 0.25) is 0 Å². The highest BCUT2D eigenvalue weighted by Crippen LogP contribution is 2.34. The highest BCUT2D eigenvalue weighted by molar-refractivity contribution is 4.83. The Morgan fingerprint density at radius 2 is 2.00 bits per heavy atom. The Morgan fingerprint density at radius 1 is 1.18 bits per heavy atom. The molecule has 2 heteroatoms. The van der Waals surface area contributed by atoms with Crippen LogP contribution < -0.4 is 5.32 Å². The fourth-order valence-corrected chi connectivity index (χ4v) is 3.38. The molecular weight excluding hydrogens is 210 g/mol. The van der Waals surface area contributed by atoms with Gasteiger partial charge >= 0.3 is 0 Å². The molecule has 0 aromatic heterocycles. The van der Waals surface area contributed by atoms with E-state index < -0.39 is 0 Å². The molecule has 1 saturated carbocycles. The van der Waals surface area contributed by atoms with Gasteiger partial charge in [0.15, 0.2) is 0 Å². The zero-order valence-electron chi connectivity index (χ0n) is 12.0. The van der Waals surface area contributed by atoms with Gasteiger partial charge in [-0.05, 0) is 51.0 Å². The largest absolute Gasteiger partial charge is 0.385 e. The van der Waals surface area contributed by atoms with Gasteiger partial charge in [-0.1, -0.05) is 26.2 Å². The van der Waals surface area contributed by atoms with E-state index in [1.165, 1.54) is 51.4 Å². The maximum absolute atomic E-state index is 5.13. The fraction of sp³-hybridized carbons (Fsp3) is 1.00. The summed E-state index contributed by atoms with van der Waals surface area (Å²) in [4.78, 5) is 0. The van der Waals surface area contributed by atoms with E-state index in [-0.39, 0.29) is 0 Å². The van der Waals surface area contributed by atoms with E-state index in [2.05, 4.69) is 19.3 Å². The van der Waals surface area contributed by atoms with E-state index in [9.17, 15) is 0 Å². The maximum Gasteiger partial charge on any atom is 0.0462 e. The molecule has 0 aromatic rings. The molecule has 102 valence electrons. The normalized spacial score (nSPS) is 29.5. The molecule has 3 atom stereocenters. The predicted octanol–water partition coefficient (Wildman–Crippen LogP) is 3.61. The summed E-state index contributed by atoms with van der Waals surface area (Å²) in [6, 6.07) is 0.769. The summed E-state index contributed by atoms with van der Waals surface area (Å²) in [6.45, 7) is 3.24. The third-order valence-corrected chi connectivity index (χ3v) is 4.33. The molecule has 0 amide bonds. The molecule has 0 radical (unpaired) electrons. The number of hydrogen-bond donors (Lipinski definition) is 1. The number of methoxy groups -OCH3 is 1. The molecule has 0 aliphatic heterocycles. The number of unbranched alkanes of at least 4 members (excludes halogenated alkanes) is 1. The van der Waals surface area contributed by atoms with Crippen molar-refractivity contribution in [2.24, 2.45) is 11.8 Å². The van der Waals surface area contributed by atoms with E-state index in [0.717, 1.165) is 24.5 Å². The van der Waals surface area contributed by atoms with Crippen LogP contribution in [0.25, 0.3) is 0 Å². The molecule has 3 unspecified atom stereocenters. The van der Waals surface area contributed by atoms with Crippen molar-refractivity contribution in [2.45, 2.75) is 64.3 Å². The Kier molecular flexibility index (Phi) is 7.87. The van der Waals surface area contributed by atoms with Crippen LogP contribution in [0.5, 0.6) is 0 Å². The molecule has 0 heterocycles. The quantitative estimate of drug-likeness (QED) is 0.656. The van der Waals surface area contributed by atoms with Gasteiger partial charge < -0.3 is 10.1 Å². The summed E-state index contributed by atoms with van der Waals surface area (Å²) >= 11 is 0. The smallest absolute Gasteiger partial charge is 0.0462 e. The average molecular weight is 241 g/mol. The lowest BCUT2D eigenvalue weighted by Gasteiger charge is -2.36. The van der Waals surface area contributed by atoms with E-state index in [1.54, 1.807) is 7.11 Å². The monoisotopic (exact) mass is 241 g/mol. The highest BCUT2D eigenvalue weighted by atomic mass is 16.5. The molecule has 0 aromatic carbocycles. The third-order valence-electron chi connectivity index (χ3n) is 4.33.